The summed E-state index contributed by atoms with van der Waals surface area (Å²) in [5.41, 5.74) is 0.0410. The number of aromatic carboxylic acids is 1. The molecule has 0 spiro atoms. The van der Waals surface area contributed by atoms with Crippen LogP contribution in [0.15, 0.2) is 18.2 Å². The Labute approximate surface area is 111 Å². The average molecular weight is 267 g/mol. The molecule has 1 amide bonds. The highest BCUT2D eigenvalue weighted by molar-refractivity contribution is 5.92. The van der Waals surface area contributed by atoms with Crippen molar-refractivity contribution >= 4 is 11.9 Å². The molecule has 0 aliphatic rings. The van der Waals surface area contributed by atoms with E-state index in [1.165, 1.54) is 13.2 Å². The van der Waals surface area contributed by atoms with Gasteiger partial charge in [-0.15, -0.1) is 0 Å². The van der Waals surface area contributed by atoms with Crippen molar-refractivity contribution in [2.24, 2.45) is 0 Å². The first-order chi connectivity index (χ1) is 9.10. The molecule has 0 aliphatic heterocycles. The average Bonchev–Trinajstić information content (AvgIpc) is 2.42. The number of hydrogen-bond acceptors (Lipinski definition) is 4. The van der Waals surface area contributed by atoms with Gasteiger partial charge in [-0.3, -0.25) is 4.79 Å². The zero-order valence-corrected chi connectivity index (χ0v) is 10.9. The molecule has 19 heavy (non-hydrogen) atoms. The molecule has 0 saturated heterocycles. The van der Waals surface area contributed by atoms with Crippen molar-refractivity contribution in [1.82, 2.24) is 5.32 Å². The van der Waals surface area contributed by atoms with E-state index in [4.69, 9.17) is 14.6 Å². The van der Waals surface area contributed by atoms with Crippen LogP contribution >= 0.6 is 0 Å². The van der Waals surface area contributed by atoms with Gasteiger partial charge in [0.25, 0.3) is 0 Å². The summed E-state index contributed by atoms with van der Waals surface area (Å²) in [6, 6.07) is 4.65. The van der Waals surface area contributed by atoms with Crippen LogP contribution in [0.5, 0.6) is 11.5 Å². The van der Waals surface area contributed by atoms with Crippen LogP contribution in [-0.4, -0.2) is 37.7 Å². The number of amides is 1. The van der Waals surface area contributed by atoms with Gasteiger partial charge in [0, 0.05) is 13.5 Å². The van der Waals surface area contributed by atoms with Gasteiger partial charge < -0.3 is 19.9 Å². The SMILES string of the molecule is CNC(=O)CCCOc1c(OC)cccc1C(=O)O. The zero-order valence-electron chi connectivity index (χ0n) is 10.9. The minimum Gasteiger partial charge on any atom is -0.493 e. The number of carbonyl (C=O) groups is 2. The molecule has 0 aliphatic carbocycles. The summed E-state index contributed by atoms with van der Waals surface area (Å²) >= 11 is 0. The summed E-state index contributed by atoms with van der Waals surface area (Å²) in [6.45, 7) is 0.244. The maximum Gasteiger partial charge on any atom is 0.339 e. The summed E-state index contributed by atoms with van der Waals surface area (Å²) in [7, 11) is 3.00. The van der Waals surface area contributed by atoms with E-state index in [-0.39, 0.29) is 23.8 Å². The first-order valence-electron chi connectivity index (χ1n) is 5.83. The molecule has 0 aromatic heterocycles. The largest absolute Gasteiger partial charge is 0.493 e. The summed E-state index contributed by atoms with van der Waals surface area (Å²) in [4.78, 5) is 22.1. The molecule has 1 aromatic carbocycles. The van der Waals surface area contributed by atoms with Gasteiger partial charge in [-0.25, -0.2) is 4.79 Å². The molecule has 1 aromatic rings. The first-order valence-corrected chi connectivity index (χ1v) is 5.83. The summed E-state index contributed by atoms with van der Waals surface area (Å²) in [5, 5.41) is 11.6. The Balaban J connectivity index is 2.70. The third-order valence-electron chi connectivity index (χ3n) is 2.50. The van der Waals surface area contributed by atoms with Crippen LogP contribution in [0.4, 0.5) is 0 Å². The number of methoxy groups -OCH3 is 1. The monoisotopic (exact) mass is 267 g/mol. The number of rotatable bonds is 7. The summed E-state index contributed by atoms with van der Waals surface area (Å²) in [6.07, 6.45) is 0.824. The highest BCUT2D eigenvalue weighted by Crippen LogP contribution is 2.31. The number of carbonyl (C=O) groups excluding carboxylic acids is 1. The van der Waals surface area contributed by atoms with Gasteiger partial charge in [0.1, 0.15) is 5.56 Å². The van der Waals surface area contributed by atoms with Crippen LogP contribution in [0.2, 0.25) is 0 Å². The normalized spacial score (nSPS) is 9.79. The fraction of sp³-hybridized carbons (Fsp3) is 0.385. The van der Waals surface area contributed by atoms with Crippen molar-refractivity contribution in [2.75, 3.05) is 20.8 Å². The molecule has 0 radical (unpaired) electrons. The molecule has 0 heterocycles. The molecular weight excluding hydrogens is 250 g/mol. The molecule has 2 N–H and O–H groups in total. The predicted octanol–water partition coefficient (Wildman–Crippen LogP) is 1.30. The lowest BCUT2D eigenvalue weighted by atomic mass is 10.2. The van der Waals surface area contributed by atoms with Crippen LogP contribution in [0.1, 0.15) is 23.2 Å². The fourth-order valence-electron chi connectivity index (χ4n) is 1.53. The van der Waals surface area contributed by atoms with Crippen molar-refractivity contribution in [3.8, 4) is 11.5 Å². The van der Waals surface area contributed by atoms with Gasteiger partial charge in [-0.2, -0.15) is 0 Å². The predicted molar refractivity (Wildman–Crippen MR) is 68.7 cm³/mol. The Kier molecular flexibility index (Phi) is 5.66. The molecule has 104 valence electrons. The van der Waals surface area contributed by atoms with Gasteiger partial charge in [0.05, 0.1) is 13.7 Å². The Hall–Kier alpha value is -2.24. The highest BCUT2D eigenvalue weighted by Gasteiger charge is 2.16. The van der Waals surface area contributed by atoms with Gasteiger partial charge in [-0.05, 0) is 18.6 Å². The molecule has 0 saturated carbocycles. The number of para-hydroxylation sites is 1. The Morgan fingerprint density at radius 2 is 2.11 bits per heavy atom. The quantitative estimate of drug-likeness (QED) is 0.727. The molecule has 0 atom stereocenters. The number of hydrogen-bond donors (Lipinski definition) is 2. The number of carboxylic acids is 1. The van der Waals surface area contributed by atoms with Crippen LogP contribution in [0.25, 0.3) is 0 Å². The van der Waals surface area contributed by atoms with E-state index in [0.29, 0.717) is 18.6 Å². The highest BCUT2D eigenvalue weighted by atomic mass is 16.5. The van der Waals surface area contributed by atoms with E-state index >= 15 is 0 Å². The number of nitrogens with one attached hydrogen (secondary N) is 1. The smallest absolute Gasteiger partial charge is 0.339 e. The fourth-order valence-corrected chi connectivity index (χ4v) is 1.53. The van der Waals surface area contributed by atoms with Gasteiger partial charge in [0.2, 0.25) is 5.91 Å². The summed E-state index contributed by atoms with van der Waals surface area (Å²) < 4.78 is 10.5. The Bertz CT molecular complexity index is 458. The van der Waals surface area contributed by atoms with Crippen molar-refractivity contribution in [3.05, 3.63) is 23.8 Å². The maximum atomic E-state index is 11.1. The van der Waals surface area contributed by atoms with Crippen molar-refractivity contribution < 1.29 is 24.2 Å². The zero-order chi connectivity index (χ0) is 14.3. The molecule has 6 heteroatoms. The summed E-state index contributed by atoms with van der Waals surface area (Å²) in [5.74, 6) is -0.614. The van der Waals surface area contributed by atoms with Crippen LogP contribution in [-0.2, 0) is 4.79 Å². The van der Waals surface area contributed by atoms with E-state index in [1.807, 2.05) is 0 Å². The van der Waals surface area contributed by atoms with Crippen molar-refractivity contribution in [3.63, 3.8) is 0 Å². The molecular formula is C13H17NO5. The standard InChI is InChI=1S/C13H17NO5/c1-14-11(15)7-4-8-19-12-9(13(16)17)5-3-6-10(12)18-2/h3,5-6H,4,7-8H2,1-2H3,(H,14,15)(H,16,17). The number of ether oxygens (including phenoxy) is 2. The van der Waals surface area contributed by atoms with E-state index in [2.05, 4.69) is 5.32 Å². The Morgan fingerprint density at radius 3 is 2.68 bits per heavy atom. The second-order valence-electron chi connectivity index (χ2n) is 3.77. The third-order valence-corrected chi connectivity index (χ3v) is 2.50. The second-order valence-corrected chi connectivity index (χ2v) is 3.77. The lowest BCUT2D eigenvalue weighted by molar-refractivity contribution is -0.120. The van der Waals surface area contributed by atoms with E-state index in [9.17, 15) is 9.59 Å². The number of benzene rings is 1. The van der Waals surface area contributed by atoms with E-state index in [1.54, 1.807) is 19.2 Å². The van der Waals surface area contributed by atoms with Crippen molar-refractivity contribution in [2.45, 2.75) is 12.8 Å². The molecule has 0 unspecified atom stereocenters. The van der Waals surface area contributed by atoms with E-state index in [0.717, 1.165) is 0 Å². The van der Waals surface area contributed by atoms with Gasteiger partial charge in [0.15, 0.2) is 11.5 Å². The molecule has 0 fully saturated rings. The van der Waals surface area contributed by atoms with Crippen LogP contribution in [0.3, 0.4) is 0 Å². The minimum atomic E-state index is -1.08. The van der Waals surface area contributed by atoms with Gasteiger partial charge >= 0.3 is 5.97 Å². The van der Waals surface area contributed by atoms with Gasteiger partial charge in [-0.1, -0.05) is 6.07 Å². The van der Waals surface area contributed by atoms with E-state index < -0.39 is 5.97 Å². The second kappa shape index (κ2) is 7.25. The minimum absolute atomic E-state index is 0.0410. The lowest BCUT2D eigenvalue weighted by Gasteiger charge is -2.12. The Morgan fingerprint density at radius 1 is 1.37 bits per heavy atom. The number of carboxylic acid groups (broad SMARTS) is 1. The first kappa shape index (κ1) is 14.8. The van der Waals surface area contributed by atoms with Crippen LogP contribution in [0, 0.1) is 0 Å². The van der Waals surface area contributed by atoms with Crippen LogP contribution < -0.4 is 14.8 Å². The lowest BCUT2D eigenvalue weighted by Crippen LogP contribution is -2.18. The topological polar surface area (TPSA) is 84.9 Å². The molecule has 0 bridgehead atoms. The molecule has 6 nitrogen and oxygen atoms in total. The maximum absolute atomic E-state index is 11.1. The van der Waals surface area contributed by atoms with Crippen molar-refractivity contribution in [1.29, 1.82) is 0 Å². The molecule has 1 rings (SSSR count). The third kappa shape index (κ3) is 4.17.